The Balaban J connectivity index is 2.78. The van der Waals surface area contributed by atoms with E-state index in [0.717, 1.165) is 12.0 Å². The Morgan fingerprint density at radius 2 is 2.40 bits per heavy atom. The lowest BCUT2D eigenvalue weighted by atomic mass is 10.1. The zero-order chi connectivity index (χ0) is 7.56. The van der Waals surface area contributed by atoms with E-state index >= 15 is 0 Å². The highest BCUT2D eigenvalue weighted by Crippen LogP contribution is 2.16. The molecule has 10 heavy (non-hydrogen) atoms. The molecule has 0 unspecified atom stereocenters. The molecule has 0 bridgehead atoms. The van der Waals surface area contributed by atoms with Crippen LogP contribution >= 0.6 is 0 Å². The third-order valence-corrected chi connectivity index (χ3v) is 1.50. The molecule has 0 spiro atoms. The van der Waals surface area contributed by atoms with E-state index in [2.05, 4.69) is 0 Å². The summed E-state index contributed by atoms with van der Waals surface area (Å²) in [4.78, 5) is 9.90. The fourth-order valence-corrected chi connectivity index (χ4v) is 0.986. The van der Waals surface area contributed by atoms with E-state index in [4.69, 9.17) is 0 Å². The van der Waals surface area contributed by atoms with Crippen LogP contribution in [0.25, 0.3) is 0 Å². The van der Waals surface area contributed by atoms with Gasteiger partial charge in [-0.25, -0.2) is 0 Å². The van der Waals surface area contributed by atoms with Crippen LogP contribution in [-0.4, -0.2) is 4.92 Å². The van der Waals surface area contributed by atoms with Crippen LogP contribution in [0.3, 0.4) is 0 Å². The maximum absolute atomic E-state index is 10.2. The van der Waals surface area contributed by atoms with Gasteiger partial charge in [-0.05, 0) is 18.9 Å². The van der Waals surface area contributed by atoms with E-state index in [1.54, 1.807) is 6.08 Å². The largest absolute Gasteiger partial charge is 0.259 e. The maximum atomic E-state index is 10.2. The number of hydrogen-bond acceptors (Lipinski definition) is 2. The van der Waals surface area contributed by atoms with Gasteiger partial charge in [-0.1, -0.05) is 6.08 Å². The second-order valence-electron chi connectivity index (χ2n) is 2.38. The summed E-state index contributed by atoms with van der Waals surface area (Å²) in [6.07, 6.45) is 5.01. The molecule has 1 aliphatic rings. The lowest BCUT2D eigenvalue weighted by molar-refractivity contribution is -0.428. The second-order valence-corrected chi connectivity index (χ2v) is 2.38. The van der Waals surface area contributed by atoms with Crippen LogP contribution in [0.1, 0.15) is 19.8 Å². The number of hydrogen-bond donors (Lipinski definition) is 0. The van der Waals surface area contributed by atoms with Gasteiger partial charge in [0.2, 0.25) is 5.70 Å². The van der Waals surface area contributed by atoms with Gasteiger partial charge in [0.1, 0.15) is 0 Å². The molecule has 3 nitrogen and oxygen atoms in total. The zero-order valence-electron chi connectivity index (χ0n) is 5.83. The van der Waals surface area contributed by atoms with Crippen LogP contribution < -0.4 is 0 Å². The van der Waals surface area contributed by atoms with Gasteiger partial charge >= 0.3 is 0 Å². The van der Waals surface area contributed by atoms with Crippen molar-refractivity contribution in [2.75, 3.05) is 0 Å². The van der Waals surface area contributed by atoms with Gasteiger partial charge < -0.3 is 0 Å². The standard InChI is InChI=1S/C7H9NO2/c1-6-3-2-4-7(5-6)8(9)10/h3,5H,2,4H2,1H3. The summed E-state index contributed by atoms with van der Waals surface area (Å²) in [7, 11) is 0. The first-order valence-electron chi connectivity index (χ1n) is 3.22. The molecule has 3 heteroatoms. The molecule has 0 amide bonds. The Labute approximate surface area is 59.2 Å². The number of allylic oxidation sites excluding steroid dienone is 4. The molecular weight excluding hydrogens is 130 g/mol. The van der Waals surface area contributed by atoms with Crippen molar-refractivity contribution >= 4 is 0 Å². The van der Waals surface area contributed by atoms with E-state index in [0.29, 0.717) is 12.1 Å². The van der Waals surface area contributed by atoms with E-state index in [1.165, 1.54) is 0 Å². The summed E-state index contributed by atoms with van der Waals surface area (Å²) >= 11 is 0. The smallest absolute Gasteiger partial charge is 0.246 e. The number of nitro groups is 1. The maximum Gasteiger partial charge on any atom is 0.246 e. The van der Waals surface area contributed by atoms with Crippen LogP contribution in [0.2, 0.25) is 0 Å². The molecule has 0 saturated heterocycles. The average molecular weight is 139 g/mol. The summed E-state index contributed by atoms with van der Waals surface area (Å²) in [5.74, 6) is 0. The molecule has 0 aromatic rings. The molecule has 0 aromatic heterocycles. The fraction of sp³-hybridized carbons (Fsp3) is 0.429. The lowest BCUT2D eigenvalue weighted by Crippen LogP contribution is -2.01. The van der Waals surface area contributed by atoms with Crippen molar-refractivity contribution in [2.45, 2.75) is 19.8 Å². The van der Waals surface area contributed by atoms with Gasteiger partial charge in [-0.2, -0.15) is 0 Å². The molecule has 0 aliphatic heterocycles. The van der Waals surface area contributed by atoms with Crippen LogP contribution in [0.4, 0.5) is 0 Å². The molecule has 1 aliphatic carbocycles. The Morgan fingerprint density at radius 3 is 2.80 bits per heavy atom. The first-order chi connectivity index (χ1) is 4.70. The molecule has 0 fully saturated rings. The van der Waals surface area contributed by atoms with Gasteiger partial charge in [0.05, 0.1) is 4.92 Å². The van der Waals surface area contributed by atoms with Crippen molar-refractivity contribution in [3.63, 3.8) is 0 Å². The van der Waals surface area contributed by atoms with Gasteiger partial charge in [0.15, 0.2) is 0 Å². The molecular formula is C7H9NO2. The van der Waals surface area contributed by atoms with Crippen molar-refractivity contribution in [1.82, 2.24) is 0 Å². The minimum absolute atomic E-state index is 0.309. The first kappa shape index (κ1) is 6.99. The normalized spacial score (nSPS) is 17.7. The lowest BCUT2D eigenvalue weighted by Gasteiger charge is -2.02. The molecule has 0 radical (unpaired) electrons. The van der Waals surface area contributed by atoms with E-state index in [9.17, 15) is 10.1 Å². The highest BCUT2D eigenvalue weighted by atomic mass is 16.6. The quantitative estimate of drug-likeness (QED) is 0.411. The Hall–Kier alpha value is -1.12. The molecule has 0 aromatic carbocycles. The highest BCUT2D eigenvalue weighted by molar-refractivity contribution is 5.22. The van der Waals surface area contributed by atoms with E-state index in [1.807, 2.05) is 13.0 Å². The predicted octanol–water partition coefficient (Wildman–Crippen LogP) is 1.89. The van der Waals surface area contributed by atoms with Crippen molar-refractivity contribution < 1.29 is 4.92 Å². The van der Waals surface area contributed by atoms with Gasteiger partial charge in [0.25, 0.3) is 0 Å². The summed E-state index contributed by atoms with van der Waals surface area (Å²) in [6, 6.07) is 0. The summed E-state index contributed by atoms with van der Waals surface area (Å²) in [6.45, 7) is 1.88. The highest BCUT2D eigenvalue weighted by Gasteiger charge is 2.12. The Kier molecular flexibility index (Phi) is 1.85. The van der Waals surface area contributed by atoms with Crippen molar-refractivity contribution in [3.8, 4) is 0 Å². The predicted molar refractivity (Wildman–Crippen MR) is 38.1 cm³/mol. The molecule has 54 valence electrons. The molecule has 0 saturated carbocycles. The topological polar surface area (TPSA) is 43.1 Å². The summed E-state index contributed by atoms with van der Waals surface area (Å²) in [5.41, 5.74) is 1.33. The van der Waals surface area contributed by atoms with Crippen LogP contribution in [0.15, 0.2) is 23.4 Å². The van der Waals surface area contributed by atoms with Crippen molar-refractivity contribution in [3.05, 3.63) is 33.5 Å². The zero-order valence-corrected chi connectivity index (χ0v) is 5.83. The average Bonchev–Trinajstić information content (AvgIpc) is 1.88. The Morgan fingerprint density at radius 1 is 1.70 bits per heavy atom. The summed E-state index contributed by atoms with van der Waals surface area (Å²) in [5, 5.41) is 10.2. The minimum atomic E-state index is -0.309. The van der Waals surface area contributed by atoms with E-state index in [-0.39, 0.29) is 4.92 Å². The monoisotopic (exact) mass is 139 g/mol. The van der Waals surface area contributed by atoms with Crippen LogP contribution in [0.5, 0.6) is 0 Å². The van der Waals surface area contributed by atoms with Gasteiger partial charge in [-0.15, -0.1) is 0 Å². The molecule has 0 heterocycles. The van der Waals surface area contributed by atoms with Crippen molar-refractivity contribution in [1.29, 1.82) is 0 Å². The fourth-order valence-electron chi connectivity index (χ4n) is 0.986. The SMILES string of the molecule is CC1=CCCC([N+](=O)[O-])=C1. The van der Waals surface area contributed by atoms with Crippen LogP contribution in [0, 0.1) is 10.1 Å². The molecule has 0 N–H and O–H groups in total. The summed E-state index contributed by atoms with van der Waals surface area (Å²) < 4.78 is 0. The third kappa shape index (κ3) is 1.43. The van der Waals surface area contributed by atoms with Gasteiger partial charge in [0, 0.05) is 12.5 Å². The van der Waals surface area contributed by atoms with Gasteiger partial charge in [-0.3, -0.25) is 10.1 Å². The minimum Gasteiger partial charge on any atom is -0.259 e. The van der Waals surface area contributed by atoms with Crippen LogP contribution in [-0.2, 0) is 0 Å². The Bertz CT molecular complexity index is 216. The van der Waals surface area contributed by atoms with E-state index < -0.39 is 0 Å². The number of nitrogens with zero attached hydrogens (tertiary/aromatic N) is 1. The molecule has 1 rings (SSSR count). The number of rotatable bonds is 1. The second kappa shape index (κ2) is 2.64. The first-order valence-corrected chi connectivity index (χ1v) is 3.22. The third-order valence-electron chi connectivity index (χ3n) is 1.50. The molecule has 0 atom stereocenters. The van der Waals surface area contributed by atoms with Crippen molar-refractivity contribution in [2.24, 2.45) is 0 Å².